The number of rotatable bonds is 28. The van der Waals surface area contributed by atoms with Gasteiger partial charge in [-0.2, -0.15) is 0 Å². The molecule has 0 aliphatic rings. The van der Waals surface area contributed by atoms with Gasteiger partial charge in [0.25, 0.3) is 0 Å². The van der Waals surface area contributed by atoms with Crippen LogP contribution in [0.2, 0.25) is 0 Å². The summed E-state index contributed by atoms with van der Waals surface area (Å²) in [4.78, 5) is 35.8. The van der Waals surface area contributed by atoms with E-state index in [-0.39, 0.29) is 18.7 Å². The largest absolute Gasteiger partial charge is 0.481 e. The fourth-order valence-electron chi connectivity index (χ4n) is 4.60. The molecule has 0 aliphatic carbocycles. The van der Waals surface area contributed by atoms with E-state index >= 15 is 0 Å². The zero-order chi connectivity index (χ0) is 27.4. The van der Waals surface area contributed by atoms with Crippen LogP contribution in [0.1, 0.15) is 168 Å². The summed E-state index contributed by atoms with van der Waals surface area (Å²) in [6.45, 7) is 4.80. The molecule has 2 N–H and O–H groups in total. The highest BCUT2D eigenvalue weighted by Crippen LogP contribution is 2.13. The van der Waals surface area contributed by atoms with E-state index in [1.54, 1.807) is 0 Å². The number of ether oxygens (including phenoxy) is 1. The third-order valence-corrected chi connectivity index (χ3v) is 7.02. The number of carboxylic acid groups (broad SMARTS) is 1. The topological polar surface area (TPSA) is 92.7 Å². The van der Waals surface area contributed by atoms with Crippen molar-refractivity contribution in [3.63, 3.8) is 0 Å². The van der Waals surface area contributed by atoms with Gasteiger partial charge in [-0.05, 0) is 19.3 Å². The van der Waals surface area contributed by atoms with Crippen molar-refractivity contribution in [3.05, 3.63) is 0 Å². The van der Waals surface area contributed by atoms with Crippen molar-refractivity contribution < 1.29 is 24.2 Å². The minimum atomic E-state index is -0.980. The van der Waals surface area contributed by atoms with Gasteiger partial charge in [-0.3, -0.25) is 9.59 Å². The number of unbranched alkanes of at least 4 members (excludes halogenated alkanes) is 19. The molecule has 0 rings (SSSR count). The number of carbonyl (C=O) groups is 3. The zero-order valence-corrected chi connectivity index (χ0v) is 24.3. The molecule has 37 heavy (non-hydrogen) atoms. The molecule has 6 heteroatoms. The van der Waals surface area contributed by atoms with Gasteiger partial charge in [0.2, 0.25) is 5.91 Å². The van der Waals surface area contributed by atoms with Gasteiger partial charge in [0.15, 0.2) is 0 Å². The first-order valence-corrected chi connectivity index (χ1v) is 15.7. The van der Waals surface area contributed by atoms with Crippen molar-refractivity contribution in [1.29, 1.82) is 0 Å². The lowest BCUT2D eigenvalue weighted by atomic mass is 10.1. The van der Waals surface area contributed by atoms with Crippen molar-refractivity contribution >= 4 is 17.8 Å². The van der Waals surface area contributed by atoms with E-state index in [1.165, 1.54) is 96.3 Å². The zero-order valence-electron chi connectivity index (χ0n) is 24.3. The van der Waals surface area contributed by atoms with Crippen molar-refractivity contribution in [3.8, 4) is 0 Å². The fraction of sp³-hybridized carbons (Fsp3) is 0.903. The smallest absolute Gasteiger partial charge is 0.328 e. The van der Waals surface area contributed by atoms with E-state index < -0.39 is 18.0 Å². The van der Waals surface area contributed by atoms with Gasteiger partial charge in [0.1, 0.15) is 6.04 Å². The number of carboxylic acids is 1. The Labute approximate surface area is 228 Å². The maximum absolute atomic E-state index is 12.5. The molecule has 0 radical (unpaired) electrons. The molecule has 0 spiro atoms. The fourth-order valence-corrected chi connectivity index (χ4v) is 4.60. The second-order valence-corrected chi connectivity index (χ2v) is 10.7. The summed E-state index contributed by atoms with van der Waals surface area (Å²) in [7, 11) is 0. The van der Waals surface area contributed by atoms with Crippen LogP contribution in [-0.2, 0) is 19.1 Å². The predicted octanol–water partition coefficient (Wildman–Crippen LogP) is 8.50. The normalized spacial score (nSPS) is 11.8. The summed E-state index contributed by atoms with van der Waals surface area (Å²) < 4.78 is 5.38. The molecule has 0 aromatic heterocycles. The van der Waals surface area contributed by atoms with Crippen LogP contribution in [0.15, 0.2) is 0 Å². The molecule has 0 bridgehead atoms. The molecular weight excluding hydrogens is 466 g/mol. The highest BCUT2D eigenvalue weighted by molar-refractivity contribution is 5.84. The van der Waals surface area contributed by atoms with Crippen LogP contribution >= 0.6 is 0 Å². The summed E-state index contributed by atoms with van der Waals surface area (Å²) in [5, 5.41) is 11.7. The molecule has 0 saturated carbocycles. The molecule has 0 aromatic carbocycles. The Morgan fingerprint density at radius 1 is 0.595 bits per heavy atom. The molecule has 0 saturated heterocycles. The Kier molecular flexibility index (Phi) is 26.3. The van der Waals surface area contributed by atoms with Gasteiger partial charge in [-0.25, -0.2) is 4.79 Å². The lowest BCUT2D eigenvalue weighted by Crippen LogP contribution is -2.42. The van der Waals surface area contributed by atoms with Crippen LogP contribution in [0.4, 0.5) is 0 Å². The maximum Gasteiger partial charge on any atom is 0.328 e. The van der Waals surface area contributed by atoms with E-state index in [0.717, 1.165) is 38.5 Å². The van der Waals surface area contributed by atoms with Crippen LogP contribution in [0.3, 0.4) is 0 Å². The first kappa shape index (κ1) is 35.4. The van der Waals surface area contributed by atoms with Crippen LogP contribution in [0.25, 0.3) is 0 Å². The molecule has 0 fully saturated rings. The molecule has 0 heterocycles. The Balaban J connectivity index is 3.95. The Morgan fingerprint density at radius 2 is 1.00 bits per heavy atom. The van der Waals surface area contributed by atoms with Gasteiger partial charge in [0.05, 0.1) is 6.61 Å². The standard InChI is InChI=1S/C31H59NO5/c1-3-5-7-9-11-13-15-17-19-21-23-27-37-31(36)28(25-26-30(34)35)32-29(33)24-22-20-18-16-14-12-10-8-6-4-2/h28H,3-27H2,1-2H3,(H,32,33)(H,34,35)/t28-/m0/s1. The van der Waals surface area contributed by atoms with Gasteiger partial charge in [-0.1, -0.05) is 136 Å². The van der Waals surface area contributed by atoms with Gasteiger partial charge in [-0.15, -0.1) is 0 Å². The number of amides is 1. The minimum absolute atomic E-state index is 0.0657. The number of carbonyl (C=O) groups excluding carboxylic acids is 2. The number of aliphatic carboxylic acids is 1. The molecule has 1 atom stereocenters. The van der Waals surface area contributed by atoms with Crippen molar-refractivity contribution in [2.45, 2.75) is 174 Å². The highest BCUT2D eigenvalue weighted by Gasteiger charge is 2.23. The highest BCUT2D eigenvalue weighted by atomic mass is 16.5. The second kappa shape index (κ2) is 27.4. The summed E-state index contributed by atoms with van der Waals surface area (Å²) in [6, 6.07) is -0.876. The lowest BCUT2D eigenvalue weighted by Gasteiger charge is -2.17. The Bertz CT molecular complexity index is 552. The molecular formula is C31H59NO5. The predicted molar refractivity (Wildman–Crippen MR) is 153 cm³/mol. The lowest BCUT2D eigenvalue weighted by molar-refractivity contribution is -0.148. The second-order valence-electron chi connectivity index (χ2n) is 10.7. The molecule has 1 amide bonds. The van der Waals surface area contributed by atoms with Crippen molar-refractivity contribution in [2.75, 3.05) is 6.61 Å². The SMILES string of the molecule is CCCCCCCCCCCCCOC(=O)[C@H](CCC(=O)O)NC(=O)CCCCCCCCCCCC. The number of hydrogen-bond acceptors (Lipinski definition) is 4. The Hall–Kier alpha value is -1.59. The van der Waals surface area contributed by atoms with E-state index in [2.05, 4.69) is 19.2 Å². The van der Waals surface area contributed by atoms with Crippen molar-refractivity contribution in [1.82, 2.24) is 5.32 Å². The van der Waals surface area contributed by atoms with Gasteiger partial charge in [0, 0.05) is 12.8 Å². The number of hydrogen-bond donors (Lipinski definition) is 2. The minimum Gasteiger partial charge on any atom is -0.481 e. The Morgan fingerprint density at radius 3 is 1.43 bits per heavy atom. The van der Waals surface area contributed by atoms with Crippen LogP contribution in [0, 0.1) is 0 Å². The molecule has 218 valence electrons. The summed E-state index contributed by atoms with van der Waals surface area (Å²) in [5.41, 5.74) is 0. The summed E-state index contributed by atoms with van der Waals surface area (Å²) in [5.74, 6) is -1.68. The van der Waals surface area contributed by atoms with Crippen LogP contribution < -0.4 is 5.32 Å². The van der Waals surface area contributed by atoms with Crippen molar-refractivity contribution in [2.24, 2.45) is 0 Å². The summed E-state index contributed by atoms with van der Waals surface area (Å²) >= 11 is 0. The molecule has 0 unspecified atom stereocenters. The maximum atomic E-state index is 12.5. The number of esters is 1. The van der Waals surface area contributed by atoms with E-state index in [0.29, 0.717) is 13.0 Å². The first-order valence-electron chi connectivity index (χ1n) is 15.7. The van der Waals surface area contributed by atoms with Crippen LogP contribution in [0.5, 0.6) is 0 Å². The average Bonchev–Trinajstić information content (AvgIpc) is 2.88. The van der Waals surface area contributed by atoms with Crippen LogP contribution in [-0.4, -0.2) is 35.6 Å². The molecule has 0 aliphatic heterocycles. The summed E-state index contributed by atoms with van der Waals surface area (Å²) in [6.07, 6.45) is 25.7. The van der Waals surface area contributed by atoms with E-state index in [4.69, 9.17) is 9.84 Å². The average molecular weight is 526 g/mol. The van der Waals surface area contributed by atoms with Gasteiger partial charge < -0.3 is 15.2 Å². The molecule has 0 aromatic rings. The van der Waals surface area contributed by atoms with E-state index in [1.807, 2.05) is 0 Å². The number of nitrogens with one attached hydrogen (secondary N) is 1. The first-order chi connectivity index (χ1) is 18.0. The third-order valence-electron chi connectivity index (χ3n) is 7.02. The molecule has 6 nitrogen and oxygen atoms in total. The third kappa shape index (κ3) is 25.8. The monoisotopic (exact) mass is 525 g/mol. The van der Waals surface area contributed by atoms with Gasteiger partial charge >= 0.3 is 11.9 Å². The quantitative estimate of drug-likeness (QED) is 0.0789. The van der Waals surface area contributed by atoms with E-state index in [9.17, 15) is 14.4 Å².